The molecule has 0 amide bonds. The van der Waals surface area contributed by atoms with Gasteiger partial charge in [-0.25, -0.2) is 0 Å². The molecule has 0 radical (unpaired) electrons. The van der Waals surface area contributed by atoms with Gasteiger partial charge < -0.3 is 0 Å². The fourth-order valence-electron chi connectivity index (χ4n) is 5.32. The summed E-state index contributed by atoms with van der Waals surface area (Å²) in [5.74, 6) is 0.417. The third-order valence-corrected chi connectivity index (χ3v) is 9.51. The summed E-state index contributed by atoms with van der Waals surface area (Å²) in [4.78, 5) is 0. The molecule has 3 aromatic rings. The first kappa shape index (κ1) is 26.7. The maximum absolute atomic E-state index is 2.45. The van der Waals surface area contributed by atoms with Gasteiger partial charge in [0.2, 0.25) is 0 Å². The van der Waals surface area contributed by atoms with E-state index in [1.165, 1.54) is 87.1 Å². The number of benzene rings is 3. The summed E-state index contributed by atoms with van der Waals surface area (Å²) in [6.45, 7) is 4.74. The maximum atomic E-state index is 2.45. The largest absolute Gasteiger partial charge is 0.106 e. The lowest BCUT2D eigenvalue weighted by atomic mass is 9.77. The molecule has 182 valence electrons. The molecule has 0 fully saturated rings. The van der Waals surface area contributed by atoms with Gasteiger partial charge in [-0.15, -0.1) is 8.58 Å². The van der Waals surface area contributed by atoms with E-state index >= 15 is 0 Å². The summed E-state index contributed by atoms with van der Waals surface area (Å²) >= 11 is 0. The van der Waals surface area contributed by atoms with Crippen molar-refractivity contribution in [1.29, 1.82) is 0 Å². The number of rotatable bonds is 16. The zero-order valence-corrected chi connectivity index (χ0v) is 22.5. The van der Waals surface area contributed by atoms with Crippen molar-refractivity contribution in [1.82, 2.24) is 0 Å². The number of hydrogen-bond acceptors (Lipinski definition) is 0. The van der Waals surface area contributed by atoms with E-state index in [0.717, 1.165) is 8.58 Å². The Morgan fingerprint density at radius 1 is 0.559 bits per heavy atom. The topological polar surface area (TPSA) is 0 Å². The Morgan fingerprint density at radius 3 is 1.44 bits per heavy atom. The minimum Gasteiger partial charge on any atom is -0.106 e. The molecule has 0 heterocycles. The van der Waals surface area contributed by atoms with E-state index in [0.29, 0.717) is 5.92 Å². The van der Waals surface area contributed by atoms with Gasteiger partial charge in [0, 0.05) is 5.16 Å². The van der Waals surface area contributed by atoms with Crippen LogP contribution in [0, 0.1) is 0 Å². The molecule has 3 rings (SSSR count). The molecule has 0 saturated heterocycles. The van der Waals surface area contributed by atoms with Crippen LogP contribution in [0.2, 0.25) is 0 Å². The Kier molecular flexibility index (Phi) is 11.9. The van der Waals surface area contributed by atoms with Crippen LogP contribution in [0.15, 0.2) is 91.0 Å². The van der Waals surface area contributed by atoms with Crippen LogP contribution in [-0.2, 0) is 5.16 Å². The fourth-order valence-corrected chi connectivity index (χ4v) is 7.35. The van der Waals surface area contributed by atoms with Gasteiger partial charge in [0.25, 0.3) is 0 Å². The standard InChI is InChI=1S/C33H45P/c1-3-4-5-6-7-8-9-10-11-21-28-34-33(31-24-17-13-18-25-31,32-26-19-14-20-27-32)29(2)30-22-15-12-16-23-30/h12-20,22-27,29,34H,3-11,21,28H2,1-2H3. The summed E-state index contributed by atoms with van der Waals surface area (Å²) in [6, 6.07) is 33.8. The Morgan fingerprint density at radius 2 is 0.971 bits per heavy atom. The van der Waals surface area contributed by atoms with Gasteiger partial charge in [0.1, 0.15) is 0 Å². The third kappa shape index (κ3) is 7.55. The minimum absolute atomic E-state index is 0.0170. The molecule has 0 aliphatic rings. The Bertz CT molecular complexity index is 848. The molecule has 0 aliphatic carbocycles. The molecule has 2 unspecified atom stereocenters. The van der Waals surface area contributed by atoms with Crippen LogP contribution in [0.4, 0.5) is 0 Å². The second-order valence-electron chi connectivity index (χ2n) is 9.78. The second kappa shape index (κ2) is 15.2. The van der Waals surface area contributed by atoms with Gasteiger partial charge in [-0.3, -0.25) is 0 Å². The van der Waals surface area contributed by atoms with E-state index < -0.39 is 0 Å². The first-order valence-electron chi connectivity index (χ1n) is 13.7. The minimum atomic E-state index is 0.0170. The van der Waals surface area contributed by atoms with E-state index in [-0.39, 0.29) is 5.16 Å². The van der Waals surface area contributed by atoms with Crippen molar-refractivity contribution in [3.05, 3.63) is 108 Å². The lowest BCUT2D eigenvalue weighted by Gasteiger charge is -2.41. The Balaban J connectivity index is 1.69. The molecule has 1 heteroatoms. The third-order valence-electron chi connectivity index (χ3n) is 7.34. The van der Waals surface area contributed by atoms with Crippen molar-refractivity contribution in [2.45, 2.75) is 89.1 Å². The van der Waals surface area contributed by atoms with Crippen molar-refractivity contribution >= 4 is 8.58 Å². The number of unbranched alkanes of at least 4 members (excludes halogenated alkanes) is 9. The van der Waals surface area contributed by atoms with Crippen molar-refractivity contribution < 1.29 is 0 Å². The summed E-state index contributed by atoms with van der Waals surface area (Å²) in [7, 11) is 0.866. The maximum Gasteiger partial charge on any atom is 0.0438 e. The first-order chi connectivity index (χ1) is 16.8. The van der Waals surface area contributed by atoms with Gasteiger partial charge in [-0.2, -0.15) is 0 Å². The summed E-state index contributed by atoms with van der Waals surface area (Å²) in [6.07, 6.45) is 15.3. The molecule has 0 spiro atoms. The highest BCUT2D eigenvalue weighted by Crippen LogP contribution is 2.56. The van der Waals surface area contributed by atoms with E-state index in [1.807, 2.05) is 0 Å². The Hall–Kier alpha value is -1.91. The van der Waals surface area contributed by atoms with Crippen molar-refractivity contribution in [3.63, 3.8) is 0 Å². The smallest absolute Gasteiger partial charge is 0.0438 e. The Labute approximate surface area is 211 Å². The molecule has 0 bridgehead atoms. The fraction of sp³-hybridized carbons (Fsp3) is 0.455. The number of hydrogen-bond donors (Lipinski definition) is 0. The predicted molar refractivity (Wildman–Crippen MR) is 154 cm³/mol. The van der Waals surface area contributed by atoms with Crippen LogP contribution in [-0.4, -0.2) is 6.16 Å². The molecule has 34 heavy (non-hydrogen) atoms. The summed E-state index contributed by atoms with van der Waals surface area (Å²) in [5.41, 5.74) is 4.36. The highest BCUT2D eigenvalue weighted by atomic mass is 31.1. The van der Waals surface area contributed by atoms with Gasteiger partial charge >= 0.3 is 0 Å². The van der Waals surface area contributed by atoms with Gasteiger partial charge in [-0.05, 0) is 35.2 Å². The van der Waals surface area contributed by atoms with E-state index in [1.54, 1.807) is 0 Å². The van der Waals surface area contributed by atoms with E-state index in [4.69, 9.17) is 0 Å². The van der Waals surface area contributed by atoms with Crippen LogP contribution in [0.5, 0.6) is 0 Å². The zero-order valence-electron chi connectivity index (χ0n) is 21.5. The van der Waals surface area contributed by atoms with Crippen LogP contribution < -0.4 is 0 Å². The molecule has 0 saturated carbocycles. The quantitative estimate of drug-likeness (QED) is 0.144. The molecular formula is C33H45P. The van der Waals surface area contributed by atoms with Gasteiger partial charge in [-0.1, -0.05) is 163 Å². The van der Waals surface area contributed by atoms with Crippen LogP contribution in [0.3, 0.4) is 0 Å². The van der Waals surface area contributed by atoms with Crippen molar-refractivity contribution in [3.8, 4) is 0 Å². The van der Waals surface area contributed by atoms with E-state index in [2.05, 4.69) is 105 Å². The van der Waals surface area contributed by atoms with Crippen LogP contribution in [0.1, 0.15) is 101 Å². The normalized spacial score (nSPS) is 12.9. The van der Waals surface area contributed by atoms with Gasteiger partial charge in [0.15, 0.2) is 0 Å². The van der Waals surface area contributed by atoms with E-state index in [9.17, 15) is 0 Å². The molecule has 2 atom stereocenters. The van der Waals surface area contributed by atoms with Gasteiger partial charge in [0.05, 0.1) is 0 Å². The van der Waals surface area contributed by atoms with Crippen LogP contribution >= 0.6 is 8.58 Å². The monoisotopic (exact) mass is 472 g/mol. The first-order valence-corrected chi connectivity index (χ1v) is 14.9. The predicted octanol–water partition coefficient (Wildman–Crippen LogP) is 10.3. The summed E-state index contributed by atoms with van der Waals surface area (Å²) < 4.78 is 0. The summed E-state index contributed by atoms with van der Waals surface area (Å²) in [5, 5.41) is 0.0170. The highest BCUT2D eigenvalue weighted by molar-refractivity contribution is 7.40. The molecule has 0 aliphatic heterocycles. The second-order valence-corrected chi connectivity index (χ2v) is 11.4. The van der Waals surface area contributed by atoms with Crippen molar-refractivity contribution in [2.75, 3.05) is 6.16 Å². The molecule has 0 aromatic heterocycles. The van der Waals surface area contributed by atoms with Crippen molar-refractivity contribution in [2.24, 2.45) is 0 Å². The molecular weight excluding hydrogens is 427 g/mol. The zero-order chi connectivity index (χ0) is 23.9. The lowest BCUT2D eigenvalue weighted by molar-refractivity contribution is 0.561. The molecule has 3 aromatic carbocycles. The average Bonchev–Trinajstić information content (AvgIpc) is 2.91. The SMILES string of the molecule is CCCCCCCCCCCCPC(c1ccccc1)(c1ccccc1)C(C)c1ccccc1. The lowest BCUT2D eigenvalue weighted by Crippen LogP contribution is -2.29. The van der Waals surface area contributed by atoms with Crippen LogP contribution in [0.25, 0.3) is 0 Å². The molecule has 0 nitrogen and oxygen atoms in total. The highest BCUT2D eigenvalue weighted by Gasteiger charge is 2.39. The molecule has 0 N–H and O–H groups in total. The average molecular weight is 473 g/mol.